The minimum Gasteiger partial charge on any atom is -0.463 e. The van der Waals surface area contributed by atoms with Gasteiger partial charge in [0, 0.05) is 18.0 Å². The molecule has 0 radical (unpaired) electrons. The van der Waals surface area contributed by atoms with Gasteiger partial charge in [0.1, 0.15) is 5.65 Å². The second-order valence-corrected chi connectivity index (χ2v) is 3.96. The van der Waals surface area contributed by atoms with Gasteiger partial charge in [-0.15, -0.1) is 0 Å². The summed E-state index contributed by atoms with van der Waals surface area (Å²) < 4.78 is 6.26. The lowest BCUT2D eigenvalue weighted by molar-refractivity contribution is -0.137. The third-order valence-electron chi connectivity index (χ3n) is 2.64. The van der Waals surface area contributed by atoms with Crippen LogP contribution in [0.15, 0.2) is 35.3 Å². The molecule has 0 bridgehead atoms. The van der Waals surface area contributed by atoms with Crippen LogP contribution in [0.1, 0.15) is 18.2 Å². The molecule has 19 heavy (non-hydrogen) atoms. The number of carbonyl (C=O) groups excluding carboxylic acids is 1. The number of fused-ring (bicyclic) bond motifs is 1. The topological polar surface area (TPSA) is 60.7 Å². The molecule has 0 aliphatic heterocycles. The number of ether oxygens (including phenoxy) is 1. The van der Waals surface area contributed by atoms with E-state index in [2.05, 4.69) is 4.98 Å². The van der Waals surface area contributed by atoms with Crippen LogP contribution in [0.4, 0.5) is 0 Å². The molecular weight excluding hydrogens is 244 g/mol. The van der Waals surface area contributed by atoms with E-state index in [0.29, 0.717) is 17.8 Å². The number of carbonyl (C=O) groups is 1. The normalized spacial score (nSPS) is 11.1. The highest BCUT2D eigenvalue weighted by molar-refractivity contribution is 5.86. The van der Waals surface area contributed by atoms with Crippen LogP contribution in [0.2, 0.25) is 0 Å². The smallest absolute Gasteiger partial charge is 0.330 e. The van der Waals surface area contributed by atoms with Crippen molar-refractivity contribution in [1.82, 2.24) is 9.38 Å². The number of aromatic nitrogens is 2. The molecular formula is C14H14N2O3. The lowest BCUT2D eigenvalue weighted by Gasteiger charge is -2.04. The van der Waals surface area contributed by atoms with E-state index in [1.165, 1.54) is 22.7 Å². The summed E-state index contributed by atoms with van der Waals surface area (Å²) in [6, 6.07) is 5.42. The van der Waals surface area contributed by atoms with Crippen LogP contribution in [0.3, 0.4) is 0 Å². The minimum absolute atomic E-state index is 0.205. The van der Waals surface area contributed by atoms with Gasteiger partial charge in [0.05, 0.1) is 12.2 Å². The van der Waals surface area contributed by atoms with Crippen molar-refractivity contribution in [2.75, 3.05) is 6.61 Å². The molecule has 0 unspecified atom stereocenters. The average Bonchev–Trinajstić information content (AvgIpc) is 2.38. The Morgan fingerprint density at radius 2 is 2.26 bits per heavy atom. The molecule has 0 spiro atoms. The first-order valence-electron chi connectivity index (χ1n) is 5.95. The van der Waals surface area contributed by atoms with Gasteiger partial charge in [0.25, 0.3) is 5.56 Å². The fourth-order valence-corrected chi connectivity index (χ4v) is 1.75. The third kappa shape index (κ3) is 2.70. The zero-order valence-electron chi connectivity index (χ0n) is 10.8. The molecule has 5 nitrogen and oxygen atoms in total. The van der Waals surface area contributed by atoms with Crippen LogP contribution in [0.25, 0.3) is 11.7 Å². The standard InChI is InChI=1S/C14H14N2O3/c1-3-19-13(17)8-7-11-9-15-12-6-4-5-10(2)16(12)14(11)18/h4-9H,3H2,1-2H3/b8-7+. The van der Waals surface area contributed by atoms with Crippen molar-refractivity contribution in [3.8, 4) is 0 Å². The number of nitrogens with zero attached hydrogens (tertiary/aromatic N) is 2. The Hall–Kier alpha value is -2.43. The van der Waals surface area contributed by atoms with Gasteiger partial charge in [-0.25, -0.2) is 9.78 Å². The summed E-state index contributed by atoms with van der Waals surface area (Å²) in [7, 11) is 0. The van der Waals surface area contributed by atoms with Crippen LogP contribution in [-0.4, -0.2) is 22.0 Å². The van der Waals surface area contributed by atoms with Crippen molar-refractivity contribution in [2.45, 2.75) is 13.8 Å². The number of aryl methyl sites for hydroxylation is 1. The molecule has 0 aliphatic rings. The predicted octanol–water partition coefficient (Wildman–Crippen LogP) is 1.58. The first kappa shape index (κ1) is 13.0. The molecule has 2 heterocycles. The van der Waals surface area contributed by atoms with E-state index in [0.717, 1.165) is 5.69 Å². The van der Waals surface area contributed by atoms with E-state index in [1.54, 1.807) is 13.0 Å². The van der Waals surface area contributed by atoms with Crippen molar-refractivity contribution in [3.05, 3.63) is 52.1 Å². The molecule has 2 aromatic heterocycles. The minimum atomic E-state index is -0.475. The molecule has 0 saturated carbocycles. The van der Waals surface area contributed by atoms with Gasteiger partial charge in [-0.2, -0.15) is 0 Å². The lowest BCUT2D eigenvalue weighted by atomic mass is 10.2. The molecule has 0 aliphatic carbocycles. The SMILES string of the molecule is CCOC(=O)/C=C/c1cnc2cccc(C)n2c1=O. The second kappa shape index (κ2) is 5.48. The van der Waals surface area contributed by atoms with Crippen LogP contribution in [0.5, 0.6) is 0 Å². The number of hydrogen-bond donors (Lipinski definition) is 0. The number of rotatable bonds is 3. The number of pyridine rings is 1. The Kier molecular flexibility index (Phi) is 3.75. The molecule has 0 fully saturated rings. The van der Waals surface area contributed by atoms with Gasteiger partial charge in [-0.1, -0.05) is 6.07 Å². The lowest BCUT2D eigenvalue weighted by Crippen LogP contribution is -2.19. The molecule has 0 amide bonds. The van der Waals surface area contributed by atoms with E-state index in [-0.39, 0.29) is 5.56 Å². The van der Waals surface area contributed by atoms with E-state index < -0.39 is 5.97 Å². The largest absolute Gasteiger partial charge is 0.463 e. The first-order valence-corrected chi connectivity index (χ1v) is 5.95. The molecule has 0 atom stereocenters. The van der Waals surface area contributed by atoms with E-state index in [1.807, 2.05) is 19.1 Å². The summed E-state index contributed by atoms with van der Waals surface area (Å²) in [6.45, 7) is 3.85. The summed E-state index contributed by atoms with van der Waals surface area (Å²) in [4.78, 5) is 27.6. The van der Waals surface area contributed by atoms with Crippen molar-refractivity contribution in [2.24, 2.45) is 0 Å². The molecule has 2 aromatic rings. The zero-order chi connectivity index (χ0) is 13.8. The fraction of sp³-hybridized carbons (Fsp3) is 0.214. The third-order valence-corrected chi connectivity index (χ3v) is 2.64. The van der Waals surface area contributed by atoms with Gasteiger partial charge in [0.15, 0.2) is 0 Å². The Bertz CT molecular complexity index is 701. The highest BCUT2D eigenvalue weighted by Crippen LogP contribution is 2.03. The molecule has 0 aromatic carbocycles. The van der Waals surface area contributed by atoms with Crippen LogP contribution in [-0.2, 0) is 9.53 Å². The number of hydrogen-bond acceptors (Lipinski definition) is 4. The van der Waals surface area contributed by atoms with Gasteiger partial charge < -0.3 is 4.74 Å². The second-order valence-electron chi connectivity index (χ2n) is 3.96. The van der Waals surface area contributed by atoms with Gasteiger partial charge >= 0.3 is 5.97 Å². The van der Waals surface area contributed by atoms with Crippen molar-refractivity contribution in [3.63, 3.8) is 0 Å². The van der Waals surface area contributed by atoms with E-state index in [4.69, 9.17) is 4.74 Å². The maximum Gasteiger partial charge on any atom is 0.330 e. The fourth-order valence-electron chi connectivity index (χ4n) is 1.75. The summed E-state index contributed by atoms with van der Waals surface area (Å²) in [6.07, 6.45) is 4.10. The molecule has 0 saturated heterocycles. The highest BCUT2D eigenvalue weighted by Gasteiger charge is 2.04. The Balaban J connectivity index is 2.46. The van der Waals surface area contributed by atoms with Crippen molar-refractivity contribution < 1.29 is 9.53 Å². The first-order chi connectivity index (χ1) is 9.13. The molecule has 2 rings (SSSR count). The average molecular weight is 258 g/mol. The molecule has 0 N–H and O–H groups in total. The Labute approximate surface area is 110 Å². The van der Waals surface area contributed by atoms with Crippen molar-refractivity contribution in [1.29, 1.82) is 0 Å². The van der Waals surface area contributed by atoms with Gasteiger partial charge in [-0.3, -0.25) is 9.20 Å². The quantitative estimate of drug-likeness (QED) is 0.619. The maximum atomic E-state index is 12.2. The van der Waals surface area contributed by atoms with Crippen LogP contribution >= 0.6 is 0 Å². The summed E-state index contributed by atoms with van der Waals surface area (Å²) >= 11 is 0. The Morgan fingerprint density at radius 1 is 1.47 bits per heavy atom. The summed E-state index contributed by atoms with van der Waals surface area (Å²) in [5.41, 5.74) is 1.52. The summed E-state index contributed by atoms with van der Waals surface area (Å²) in [5, 5.41) is 0. The van der Waals surface area contributed by atoms with Crippen LogP contribution in [0, 0.1) is 6.92 Å². The zero-order valence-corrected chi connectivity index (χ0v) is 10.8. The van der Waals surface area contributed by atoms with Gasteiger partial charge in [-0.05, 0) is 32.1 Å². The predicted molar refractivity (Wildman–Crippen MR) is 71.9 cm³/mol. The van der Waals surface area contributed by atoms with Crippen LogP contribution < -0.4 is 5.56 Å². The maximum absolute atomic E-state index is 12.2. The van der Waals surface area contributed by atoms with E-state index >= 15 is 0 Å². The van der Waals surface area contributed by atoms with Gasteiger partial charge in [0.2, 0.25) is 0 Å². The van der Waals surface area contributed by atoms with E-state index in [9.17, 15) is 9.59 Å². The summed E-state index contributed by atoms with van der Waals surface area (Å²) in [5.74, 6) is -0.475. The number of esters is 1. The molecule has 5 heteroatoms. The van der Waals surface area contributed by atoms with Crippen molar-refractivity contribution >= 4 is 17.7 Å². The Morgan fingerprint density at radius 3 is 3.00 bits per heavy atom. The highest BCUT2D eigenvalue weighted by atomic mass is 16.5. The monoisotopic (exact) mass is 258 g/mol. The molecule has 98 valence electrons.